The van der Waals surface area contributed by atoms with E-state index < -0.39 is 24.5 Å². The van der Waals surface area contributed by atoms with Gasteiger partial charge in [0.1, 0.15) is 0 Å². The molecule has 0 aliphatic carbocycles. The summed E-state index contributed by atoms with van der Waals surface area (Å²) in [5.74, 6) is -0.542. The van der Waals surface area contributed by atoms with Gasteiger partial charge in [0.15, 0.2) is 12.6 Å². The quantitative estimate of drug-likeness (QED) is 0.783. The van der Waals surface area contributed by atoms with Crippen LogP contribution in [0.15, 0.2) is 12.2 Å². The zero-order valence-corrected chi connectivity index (χ0v) is 13.0. The Kier molecular flexibility index (Phi) is 5.60. The van der Waals surface area contributed by atoms with Crippen molar-refractivity contribution in [3.05, 3.63) is 12.2 Å². The Morgan fingerprint density at radius 2 is 1.61 bits per heavy atom. The average molecular weight is 326 g/mol. The van der Waals surface area contributed by atoms with Crippen molar-refractivity contribution in [3.63, 3.8) is 0 Å². The highest BCUT2D eigenvalue weighted by atomic mass is 16.8. The average Bonchev–Trinajstić information content (AvgIpc) is 2.71. The summed E-state index contributed by atoms with van der Waals surface area (Å²) in [4.78, 5) is 35.6. The molecule has 2 fully saturated rings. The lowest BCUT2D eigenvalue weighted by atomic mass is 10.2. The Hall–Kier alpha value is -1.48. The number of imide groups is 1. The van der Waals surface area contributed by atoms with Gasteiger partial charge in [-0.2, -0.15) is 5.06 Å². The summed E-state index contributed by atoms with van der Waals surface area (Å²) < 4.78 is 10.9. The number of carbonyl (C=O) groups is 2. The number of carbonyl (C=O) groups excluding carboxylic acids is 2. The third-order valence-electron chi connectivity index (χ3n) is 3.86. The van der Waals surface area contributed by atoms with Gasteiger partial charge in [0.05, 0.1) is 6.54 Å². The standard InChI is InChI=1S/C15H22N2O6/c18-12-6-5-9-16(22-13-7-1-3-10-20-13)15(19)17(12)23-14-8-2-4-11-21-14/h5-6,13-14H,1-4,7-11H2. The summed E-state index contributed by atoms with van der Waals surface area (Å²) in [6.07, 6.45) is 7.03. The predicted octanol–water partition coefficient (Wildman–Crippen LogP) is 1.72. The number of hydrogen-bond donors (Lipinski definition) is 0. The van der Waals surface area contributed by atoms with Crippen LogP contribution in [0.1, 0.15) is 38.5 Å². The van der Waals surface area contributed by atoms with Gasteiger partial charge in [-0.1, -0.05) is 6.08 Å². The Bertz CT molecular complexity index is 457. The molecule has 3 heterocycles. The van der Waals surface area contributed by atoms with Gasteiger partial charge < -0.3 is 9.47 Å². The molecular weight excluding hydrogens is 304 g/mol. The SMILES string of the molecule is O=C1C=CCN(OC2CCCCO2)C(=O)N1OC1CCCCO1. The van der Waals surface area contributed by atoms with Crippen molar-refractivity contribution in [2.24, 2.45) is 0 Å². The van der Waals surface area contributed by atoms with Gasteiger partial charge in [-0.25, -0.2) is 14.5 Å². The smallest absolute Gasteiger partial charge is 0.350 e. The summed E-state index contributed by atoms with van der Waals surface area (Å²) in [5, 5.41) is 1.81. The third kappa shape index (κ3) is 4.29. The minimum Gasteiger partial charge on any atom is -0.350 e. The Balaban J connectivity index is 1.63. The van der Waals surface area contributed by atoms with Crippen LogP contribution in [0, 0.1) is 0 Å². The normalized spacial score (nSPS) is 29.7. The van der Waals surface area contributed by atoms with E-state index in [-0.39, 0.29) is 6.54 Å². The van der Waals surface area contributed by atoms with Gasteiger partial charge in [0.25, 0.3) is 5.91 Å². The van der Waals surface area contributed by atoms with E-state index in [1.165, 1.54) is 6.08 Å². The number of hydrogen-bond acceptors (Lipinski definition) is 6. The molecule has 0 saturated carbocycles. The van der Waals surface area contributed by atoms with Crippen LogP contribution in [0.4, 0.5) is 4.79 Å². The number of urea groups is 1. The van der Waals surface area contributed by atoms with Crippen LogP contribution in [0.25, 0.3) is 0 Å². The van der Waals surface area contributed by atoms with Crippen molar-refractivity contribution >= 4 is 11.9 Å². The topological polar surface area (TPSA) is 77.5 Å². The predicted molar refractivity (Wildman–Crippen MR) is 77.4 cm³/mol. The van der Waals surface area contributed by atoms with Crippen molar-refractivity contribution in [3.8, 4) is 0 Å². The van der Waals surface area contributed by atoms with E-state index in [9.17, 15) is 9.59 Å². The summed E-state index contributed by atoms with van der Waals surface area (Å²) in [7, 11) is 0. The minimum absolute atomic E-state index is 0.163. The highest BCUT2D eigenvalue weighted by molar-refractivity contribution is 5.99. The lowest BCUT2D eigenvalue weighted by Gasteiger charge is -2.32. The van der Waals surface area contributed by atoms with Crippen molar-refractivity contribution in [1.82, 2.24) is 10.1 Å². The second-order valence-corrected chi connectivity index (χ2v) is 5.68. The maximum atomic E-state index is 12.5. The molecule has 0 spiro atoms. The fourth-order valence-electron chi connectivity index (χ4n) is 2.62. The molecule has 0 aromatic carbocycles. The zero-order chi connectivity index (χ0) is 16.1. The minimum atomic E-state index is -0.664. The van der Waals surface area contributed by atoms with Crippen LogP contribution < -0.4 is 0 Å². The molecule has 0 radical (unpaired) electrons. The van der Waals surface area contributed by atoms with Gasteiger partial charge in [0, 0.05) is 32.1 Å². The van der Waals surface area contributed by atoms with Gasteiger partial charge in [-0.15, -0.1) is 5.06 Å². The molecular formula is C15H22N2O6. The first-order valence-corrected chi connectivity index (χ1v) is 8.13. The number of ether oxygens (including phenoxy) is 2. The van der Waals surface area contributed by atoms with Crippen LogP contribution in [-0.4, -0.2) is 54.4 Å². The Labute approximate surface area is 134 Å². The summed E-state index contributed by atoms with van der Waals surface area (Å²) in [6, 6.07) is -0.664. The fourth-order valence-corrected chi connectivity index (χ4v) is 2.62. The highest BCUT2D eigenvalue weighted by Gasteiger charge is 2.34. The van der Waals surface area contributed by atoms with Crippen LogP contribution in [-0.2, 0) is 23.9 Å². The summed E-state index contributed by atoms with van der Waals surface area (Å²) >= 11 is 0. The highest BCUT2D eigenvalue weighted by Crippen LogP contribution is 2.20. The molecule has 3 rings (SSSR count). The van der Waals surface area contributed by atoms with Crippen molar-refractivity contribution in [2.45, 2.75) is 51.1 Å². The van der Waals surface area contributed by atoms with Gasteiger partial charge in [-0.3, -0.25) is 4.79 Å². The van der Waals surface area contributed by atoms with Crippen LogP contribution >= 0.6 is 0 Å². The molecule has 8 heteroatoms. The molecule has 2 atom stereocenters. The number of nitrogens with zero attached hydrogens (tertiary/aromatic N) is 2. The monoisotopic (exact) mass is 326 g/mol. The van der Waals surface area contributed by atoms with E-state index in [2.05, 4.69) is 0 Å². The van der Waals surface area contributed by atoms with Gasteiger partial charge in [0.2, 0.25) is 0 Å². The molecule has 23 heavy (non-hydrogen) atoms. The van der Waals surface area contributed by atoms with E-state index in [0.29, 0.717) is 31.1 Å². The molecule has 3 aliphatic heterocycles. The molecule has 0 aromatic heterocycles. The van der Waals surface area contributed by atoms with Crippen LogP contribution in [0.5, 0.6) is 0 Å². The van der Waals surface area contributed by atoms with Crippen molar-refractivity contribution in [1.29, 1.82) is 0 Å². The largest absolute Gasteiger partial charge is 0.376 e. The molecule has 2 unspecified atom stereocenters. The molecule has 2 saturated heterocycles. The molecule has 8 nitrogen and oxygen atoms in total. The molecule has 0 N–H and O–H groups in total. The van der Waals surface area contributed by atoms with Crippen LogP contribution in [0.3, 0.4) is 0 Å². The molecule has 3 aliphatic rings. The van der Waals surface area contributed by atoms with Gasteiger partial charge in [-0.05, 0) is 25.7 Å². The fraction of sp³-hybridized carbons (Fsp3) is 0.733. The van der Waals surface area contributed by atoms with E-state index in [0.717, 1.165) is 30.7 Å². The van der Waals surface area contributed by atoms with Crippen molar-refractivity contribution < 1.29 is 28.7 Å². The molecule has 3 amide bonds. The summed E-state index contributed by atoms with van der Waals surface area (Å²) in [6.45, 7) is 1.33. The molecule has 0 aromatic rings. The Morgan fingerprint density at radius 3 is 2.22 bits per heavy atom. The van der Waals surface area contributed by atoms with E-state index >= 15 is 0 Å². The van der Waals surface area contributed by atoms with Crippen LogP contribution in [0.2, 0.25) is 0 Å². The summed E-state index contributed by atoms with van der Waals surface area (Å²) in [5.41, 5.74) is 0. The number of amides is 3. The molecule has 0 bridgehead atoms. The van der Waals surface area contributed by atoms with E-state index in [1.54, 1.807) is 6.08 Å². The maximum Gasteiger partial charge on any atom is 0.376 e. The maximum absolute atomic E-state index is 12.5. The number of hydroxylamine groups is 4. The van der Waals surface area contributed by atoms with E-state index in [4.69, 9.17) is 19.1 Å². The van der Waals surface area contributed by atoms with Crippen molar-refractivity contribution in [2.75, 3.05) is 19.8 Å². The zero-order valence-electron chi connectivity index (χ0n) is 13.0. The third-order valence-corrected chi connectivity index (χ3v) is 3.86. The first-order chi connectivity index (χ1) is 11.2. The second kappa shape index (κ2) is 7.87. The first-order valence-electron chi connectivity index (χ1n) is 8.13. The lowest BCUT2D eigenvalue weighted by molar-refractivity contribution is -0.291. The number of rotatable bonds is 4. The first kappa shape index (κ1) is 16.4. The van der Waals surface area contributed by atoms with E-state index in [1.807, 2.05) is 0 Å². The molecule has 128 valence electrons. The lowest BCUT2D eigenvalue weighted by Crippen LogP contribution is -2.48. The second-order valence-electron chi connectivity index (χ2n) is 5.68. The van der Waals surface area contributed by atoms with Gasteiger partial charge >= 0.3 is 6.03 Å². The Morgan fingerprint density at radius 1 is 0.957 bits per heavy atom.